The molecule has 2 aromatic rings. The van der Waals surface area contributed by atoms with Crippen LogP contribution in [0.15, 0.2) is 23.3 Å². The first-order valence-electron chi connectivity index (χ1n) is 8.37. The van der Waals surface area contributed by atoms with Crippen LogP contribution in [0, 0.1) is 0 Å². The SMILES string of the molecule is CCNc1nc(NCC)nc(NN=C(C)c2ccc(OC)cc2OC)n1. The van der Waals surface area contributed by atoms with Gasteiger partial charge in [0, 0.05) is 24.7 Å². The molecule has 0 amide bonds. The molecule has 0 aliphatic carbocycles. The van der Waals surface area contributed by atoms with Gasteiger partial charge >= 0.3 is 0 Å². The predicted octanol–water partition coefficient (Wildman–Crippen LogP) is 2.59. The molecule has 26 heavy (non-hydrogen) atoms. The number of aromatic nitrogens is 3. The summed E-state index contributed by atoms with van der Waals surface area (Å²) in [5.74, 6) is 2.70. The zero-order valence-electron chi connectivity index (χ0n) is 15.8. The van der Waals surface area contributed by atoms with Crippen LogP contribution in [0.2, 0.25) is 0 Å². The minimum atomic E-state index is 0.346. The van der Waals surface area contributed by atoms with Crippen molar-refractivity contribution in [3.05, 3.63) is 23.8 Å². The number of ether oxygens (including phenoxy) is 2. The van der Waals surface area contributed by atoms with E-state index < -0.39 is 0 Å². The Bertz CT molecular complexity index is 741. The first-order chi connectivity index (χ1) is 12.6. The lowest BCUT2D eigenvalue weighted by atomic mass is 10.1. The van der Waals surface area contributed by atoms with Crippen molar-refractivity contribution in [3.63, 3.8) is 0 Å². The maximum atomic E-state index is 5.41. The van der Waals surface area contributed by atoms with Crippen LogP contribution in [-0.4, -0.2) is 48.0 Å². The lowest BCUT2D eigenvalue weighted by Crippen LogP contribution is -2.11. The molecule has 0 atom stereocenters. The van der Waals surface area contributed by atoms with Crippen molar-refractivity contribution in [2.24, 2.45) is 5.10 Å². The van der Waals surface area contributed by atoms with Gasteiger partial charge in [0.1, 0.15) is 11.5 Å². The summed E-state index contributed by atoms with van der Waals surface area (Å²) in [6.07, 6.45) is 0. The van der Waals surface area contributed by atoms with Crippen LogP contribution in [0.3, 0.4) is 0 Å². The lowest BCUT2D eigenvalue weighted by molar-refractivity contribution is 0.394. The molecule has 0 aliphatic heterocycles. The number of benzene rings is 1. The zero-order chi connectivity index (χ0) is 18.9. The Morgan fingerprint density at radius 2 is 1.58 bits per heavy atom. The minimum Gasteiger partial charge on any atom is -0.497 e. The standard InChI is InChI=1S/C17H25N7O2/c1-6-18-15-20-16(19-7-2)22-17(21-15)24-23-11(3)13-9-8-12(25-4)10-14(13)26-5/h8-10H,6-7H2,1-5H3,(H3,18,19,20,21,22,24). The second-order valence-corrected chi connectivity index (χ2v) is 5.24. The molecule has 140 valence electrons. The van der Waals surface area contributed by atoms with Crippen LogP contribution >= 0.6 is 0 Å². The molecule has 1 heterocycles. The van der Waals surface area contributed by atoms with Crippen molar-refractivity contribution in [1.29, 1.82) is 0 Å². The number of methoxy groups -OCH3 is 2. The van der Waals surface area contributed by atoms with Gasteiger partial charge in [0.15, 0.2) is 0 Å². The van der Waals surface area contributed by atoms with Crippen LogP contribution in [0.5, 0.6) is 11.5 Å². The molecule has 3 N–H and O–H groups in total. The molecular weight excluding hydrogens is 334 g/mol. The van der Waals surface area contributed by atoms with Crippen molar-refractivity contribution >= 4 is 23.6 Å². The van der Waals surface area contributed by atoms with Crippen molar-refractivity contribution in [2.75, 3.05) is 43.4 Å². The monoisotopic (exact) mass is 359 g/mol. The van der Waals surface area contributed by atoms with Crippen LogP contribution in [0.1, 0.15) is 26.3 Å². The summed E-state index contributed by atoms with van der Waals surface area (Å²) >= 11 is 0. The van der Waals surface area contributed by atoms with E-state index in [1.165, 1.54) is 0 Å². The quantitative estimate of drug-likeness (QED) is 0.463. The van der Waals surface area contributed by atoms with Crippen LogP contribution in [0.25, 0.3) is 0 Å². The summed E-state index contributed by atoms with van der Waals surface area (Å²) in [6.45, 7) is 7.24. The number of anilines is 3. The molecule has 0 bridgehead atoms. The van der Waals surface area contributed by atoms with Crippen molar-refractivity contribution in [1.82, 2.24) is 15.0 Å². The maximum absolute atomic E-state index is 5.41. The number of rotatable bonds is 9. The summed E-state index contributed by atoms with van der Waals surface area (Å²) in [5.41, 5.74) is 4.44. The molecule has 0 saturated carbocycles. The summed E-state index contributed by atoms with van der Waals surface area (Å²) < 4.78 is 10.6. The lowest BCUT2D eigenvalue weighted by Gasteiger charge is -2.11. The fourth-order valence-electron chi connectivity index (χ4n) is 2.19. The largest absolute Gasteiger partial charge is 0.497 e. The van der Waals surface area contributed by atoms with Gasteiger partial charge < -0.3 is 20.1 Å². The molecule has 1 aromatic heterocycles. The predicted molar refractivity (Wildman–Crippen MR) is 104 cm³/mol. The molecule has 2 rings (SSSR count). The van der Waals surface area contributed by atoms with Gasteiger partial charge in [-0.25, -0.2) is 5.43 Å². The van der Waals surface area contributed by atoms with Crippen LogP contribution in [-0.2, 0) is 0 Å². The Morgan fingerprint density at radius 3 is 2.12 bits per heavy atom. The highest BCUT2D eigenvalue weighted by atomic mass is 16.5. The van der Waals surface area contributed by atoms with E-state index in [4.69, 9.17) is 9.47 Å². The number of hydrogen-bond donors (Lipinski definition) is 3. The highest BCUT2D eigenvalue weighted by Gasteiger charge is 2.09. The van der Waals surface area contributed by atoms with E-state index in [1.54, 1.807) is 14.2 Å². The molecule has 0 fully saturated rings. The first-order valence-corrected chi connectivity index (χ1v) is 8.37. The van der Waals surface area contributed by atoms with E-state index in [2.05, 4.69) is 36.1 Å². The Balaban J connectivity index is 2.25. The van der Waals surface area contributed by atoms with Gasteiger partial charge in [-0.3, -0.25) is 0 Å². The van der Waals surface area contributed by atoms with Gasteiger partial charge in [0.05, 0.1) is 19.9 Å². The summed E-state index contributed by atoms with van der Waals surface area (Å²) in [7, 11) is 3.22. The van der Waals surface area contributed by atoms with E-state index >= 15 is 0 Å². The molecular formula is C17H25N7O2. The Hall–Kier alpha value is -3.10. The molecule has 0 radical (unpaired) electrons. The van der Waals surface area contributed by atoms with Crippen LogP contribution in [0.4, 0.5) is 17.8 Å². The summed E-state index contributed by atoms with van der Waals surface area (Å²) in [6, 6.07) is 5.55. The van der Waals surface area contributed by atoms with Crippen molar-refractivity contribution < 1.29 is 9.47 Å². The second-order valence-electron chi connectivity index (χ2n) is 5.24. The molecule has 9 nitrogen and oxygen atoms in total. The summed E-state index contributed by atoms with van der Waals surface area (Å²) in [5, 5.41) is 10.5. The third-order valence-electron chi connectivity index (χ3n) is 3.43. The van der Waals surface area contributed by atoms with Crippen molar-refractivity contribution in [2.45, 2.75) is 20.8 Å². The third-order valence-corrected chi connectivity index (χ3v) is 3.43. The first kappa shape index (κ1) is 19.2. The van der Waals surface area contributed by atoms with Gasteiger partial charge in [0.2, 0.25) is 17.8 Å². The fraction of sp³-hybridized carbons (Fsp3) is 0.412. The fourth-order valence-corrected chi connectivity index (χ4v) is 2.19. The van der Waals surface area contributed by atoms with Gasteiger partial charge in [-0.15, -0.1) is 0 Å². The van der Waals surface area contributed by atoms with E-state index in [1.807, 2.05) is 39.0 Å². The highest BCUT2D eigenvalue weighted by Crippen LogP contribution is 2.25. The summed E-state index contributed by atoms with van der Waals surface area (Å²) in [4.78, 5) is 12.9. The average molecular weight is 359 g/mol. The van der Waals surface area contributed by atoms with E-state index in [0.717, 1.165) is 17.0 Å². The topological polar surface area (TPSA) is 106 Å². The molecule has 0 aliphatic rings. The number of nitrogens with one attached hydrogen (secondary N) is 3. The van der Waals surface area contributed by atoms with E-state index in [-0.39, 0.29) is 0 Å². The molecule has 0 spiro atoms. The van der Waals surface area contributed by atoms with Crippen LogP contribution < -0.4 is 25.5 Å². The van der Waals surface area contributed by atoms with Gasteiger partial charge in [-0.2, -0.15) is 20.1 Å². The van der Waals surface area contributed by atoms with E-state index in [9.17, 15) is 0 Å². The average Bonchev–Trinajstić information content (AvgIpc) is 2.66. The Kier molecular flexibility index (Phi) is 6.95. The Labute approximate surface area is 153 Å². The number of hydrogen-bond acceptors (Lipinski definition) is 9. The maximum Gasteiger partial charge on any atom is 0.250 e. The minimum absolute atomic E-state index is 0.346. The Morgan fingerprint density at radius 1 is 0.962 bits per heavy atom. The molecule has 0 saturated heterocycles. The third kappa shape index (κ3) is 4.95. The zero-order valence-corrected chi connectivity index (χ0v) is 15.8. The molecule has 9 heteroatoms. The number of nitrogens with zero attached hydrogens (tertiary/aromatic N) is 4. The van der Waals surface area contributed by atoms with Crippen molar-refractivity contribution in [3.8, 4) is 11.5 Å². The normalized spacial score (nSPS) is 11.0. The second kappa shape index (κ2) is 9.40. The molecule has 1 aromatic carbocycles. The smallest absolute Gasteiger partial charge is 0.250 e. The molecule has 0 unspecified atom stereocenters. The highest BCUT2D eigenvalue weighted by molar-refractivity contribution is 6.01. The van der Waals surface area contributed by atoms with Gasteiger partial charge in [-0.1, -0.05) is 0 Å². The van der Waals surface area contributed by atoms with Gasteiger partial charge in [0.25, 0.3) is 0 Å². The van der Waals surface area contributed by atoms with Gasteiger partial charge in [-0.05, 0) is 32.9 Å². The van der Waals surface area contributed by atoms with E-state index in [0.29, 0.717) is 36.7 Å². The number of hydrazone groups is 1.